The molecule has 1 aromatic carbocycles. The first-order chi connectivity index (χ1) is 14.4. The molecule has 0 bridgehead atoms. The monoisotopic (exact) mass is 408 g/mol. The summed E-state index contributed by atoms with van der Waals surface area (Å²) < 4.78 is 20.0. The maximum Gasteiger partial charge on any atom is 0.225 e. The van der Waals surface area contributed by atoms with Crippen molar-refractivity contribution in [3.8, 4) is 11.1 Å². The van der Waals surface area contributed by atoms with Gasteiger partial charge in [-0.25, -0.2) is 24.3 Å². The van der Waals surface area contributed by atoms with E-state index in [1.807, 2.05) is 45.0 Å². The summed E-state index contributed by atoms with van der Waals surface area (Å²) in [7, 11) is 3.77. The van der Waals surface area contributed by atoms with E-state index in [0.717, 1.165) is 28.2 Å². The van der Waals surface area contributed by atoms with Crippen LogP contribution in [0, 0.1) is 19.7 Å². The summed E-state index contributed by atoms with van der Waals surface area (Å²) in [6.07, 6.45) is 1.42. The molecule has 0 unspecified atom stereocenters. The van der Waals surface area contributed by atoms with Gasteiger partial charge < -0.3 is 14.5 Å². The lowest BCUT2D eigenvalue weighted by Gasteiger charge is -2.33. The van der Waals surface area contributed by atoms with Crippen molar-refractivity contribution in [2.24, 2.45) is 0 Å². The van der Waals surface area contributed by atoms with Crippen molar-refractivity contribution in [3.63, 3.8) is 0 Å². The highest BCUT2D eigenvalue weighted by Gasteiger charge is 2.28. The smallest absolute Gasteiger partial charge is 0.225 e. The second kappa shape index (κ2) is 8.31. The third-order valence-corrected chi connectivity index (χ3v) is 4.97. The molecular formula is C22H25FN6O. The van der Waals surface area contributed by atoms with E-state index in [4.69, 9.17) is 9.72 Å². The molecule has 0 amide bonds. The third-order valence-electron chi connectivity index (χ3n) is 4.97. The lowest BCUT2D eigenvalue weighted by molar-refractivity contribution is 0.0368. The van der Waals surface area contributed by atoms with Crippen molar-refractivity contribution < 1.29 is 9.13 Å². The van der Waals surface area contributed by atoms with Gasteiger partial charge in [0.15, 0.2) is 0 Å². The van der Waals surface area contributed by atoms with Crippen molar-refractivity contribution in [1.82, 2.24) is 19.9 Å². The minimum absolute atomic E-state index is 0.301. The van der Waals surface area contributed by atoms with Gasteiger partial charge in [-0.2, -0.15) is 0 Å². The maximum absolute atomic E-state index is 13.9. The lowest BCUT2D eigenvalue weighted by atomic mass is 10.0. The molecule has 2 aromatic heterocycles. The van der Waals surface area contributed by atoms with Gasteiger partial charge in [0.1, 0.15) is 11.9 Å². The van der Waals surface area contributed by atoms with Gasteiger partial charge in [-0.05, 0) is 37.6 Å². The molecule has 0 aliphatic carbocycles. The van der Waals surface area contributed by atoms with E-state index in [0.29, 0.717) is 31.6 Å². The summed E-state index contributed by atoms with van der Waals surface area (Å²) in [4.78, 5) is 22.3. The van der Waals surface area contributed by atoms with Crippen LogP contribution in [0.1, 0.15) is 23.2 Å². The van der Waals surface area contributed by atoms with Crippen LogP contribution in [0.4, 0.5) is 16.3 Å². The molecule has 0 saturated carbocycles. The highest BCUT2D eigenvalue weighted by atomic mass is 19.1. The van der Waals surface area contributed by atoms with Gasteiger partial charge in [-0.1, -0.05) is 12.1 Å². The number of aryl methyl sites for hydroxylation is 2. The molecule has 7 nitrogen and oxygen atoms in total. The Morgan fingerprint density at radius 1 is 1.10 bits per heavy atom. The van der Waals surface area contributed by atoms with E-state index < -0.39 is 0 Å². The molecule has 0 radical (unpaired) electrons. The van der Waals surface area contributed by atoms with Crippen molar-refractivity contribution >= 4 is 11.9 Å². The fourth-order valence-corrected chi connectivity index (χ4v) is 3.57. The van der Waals surface area contributed by atoms with Crippen LogP contribution in [0.3, 0.4) is 0 Å². The number of aromatic nitrogens is 4. The van der Waals surface area contributed by atoms with Crippen LogP contribution in [-0.2, 0) is 4.74 Å². The maximum atomic E-state index is 13.9. The Hall–Kier alpha value is -3.13. The molecule has 0 N–H and O–H groups in total. The second-order valence-corrected chi connectivity index (χ2v) is 7.63. The van der Waals surface area contributed by atoms with E-state index in [2.05, 4.69) is 19.9 Å². The van der Waals surface area contributed by atoms with Gasteiger partial charge >= 0.3 is 0 Å². The summed E-state index contributed by atoms with van der Waals surface area (Å²) in [5.41, 5.74) is 4.07. The zero-order chi connectivity index (χ0) is 21.3. The summed E-state index contributed by atoms with van der Waals surface area (Å²) in [5, 5.41) is 0. The molecule has 30 heavy (non-hydrogen) atoms. The van der Waals surface area contributed by atoms with Crippen LogP contribution in [0.25, 0.3) is 11.1 Å². The van der Waals surface area contributed by atoms with Crippen LogP contribution in [-0.4, -0.2) is 53.7 Å². The fraction of sp³-hybridized carbons (Fsp3) is 0.364. The molecule has 3 aromatic rings. The summed E-state index contributed by atoms with van der Waals surface area (Å²) >= 11 is 0. The molecule has 1 aliphatic rings. The zero-order valence-electron chi connectivity index (χ0n) is 17.6. The van der Waals surface area contributed by atoms with Gasteiger partial charge in [0.2, 0.25) is 11.9 Å². The largest absolute Gasteiger partial charge is 0.368 e. The van der Waals surface area contributed by atoms with Crippen LogP contribution in [0.15, 0.2) is 36.5 Å². The van der Waals surface area contributed by atoms with Crippen LogP contribution >= 0.6 is 0 Å². The van der Waals surface area contributed by atoms with E-state index in [1.54, 1.807) is 12.3 Å². The summed E-state index contributed by atoms with van der Waals surface area (Å²) in [5.74, 6) is 0.966. The molecule has 8 heteroatoms. The minimum Gasteiger partial charge on any atom is -0.368 e. The molecule has 0 spiro atoms. The number of nitrogens with zero attached hydrogens (tertiary/aromatic N) is 6. The standard InChI is InChI=1S/C22H25FN6O/c1-14-10-15(2)26-22(25-14)29-8-9-30-19(13-29)20-18(12-24-21(27-20)28(3)4)16-6-5-7-17(23)11-16/h5-7,10-12,19H,8-9,13H2,1-4H3/t19-/m0/s1. The van der Waals surface area contributed by atoms with Gasteiger partial charge in [0.05, 0.1) is 18.8 Å². The quantitative estimate of drug-likeness (QED) is 0.656. The third kappa shape index (κ3) is 4.23. The topological polar surface area (TPSA) is 67.3 Å². The second-order valence-electron chi connectivity index (χ2n) is 7.63. The Bertz CT molecular complexity index is 1040. The number of ether oxygens (including phenoxy) is 1. The summed E-state index contributed by atoms with van der Waals surface area (Å²) in [6, 6.07) is 8.41. The predicted molar refractivity (Wildman–Crippen MR) is 114 cm³/mol. The number of benzene rings is 1. The average Bonchev–Trinajstić information content (AvgIpc) is 2.72. The molecule has 3 heterocycles. The number of morpholine rings is 1. The minimum atomic E-state index is -0.317. The van der Waals surface area contributed by atoms with Gasteiger partial charge in [0, 0.05) is 43.8 Å². The van der Waals surface area contributed by atoms with Crippen LogP contribution in [0.2, 0.25) is 0 Å². The molecule has 1 aliphatic heterocycles. The average molecular weight is 408 g/mol. The van der Waals surface area contributed by atoms with Gasteiger partial charge in [-0.3, -0.25) is 0 Å². The Morgan fingerprint density at radius 3 is 2.57 bits per heavy atom. The molecule has 1 fully saturated rings. The molecule has 1 saturated heterocycles. The number of hydrogen-bond donors (Lipinski definition) is 0. The van der Waals surface area contributed by atoms with Crippen LogP contribution < -0.4 is 9.80 Å². The molecule has 4 rings (SSSR count). The van der Waals surface area contributed by atoms with Crippen molar-refractivity contribution in [2.75, 3.05) is 43.6 Å². The van der Waals surface area contributed by atoms with Crippen molar-refractivity contribution in [1.29, 1.82) is 0 Å². The zero-order valence-corrected chi connectivity index (χ0v) is 17.6. The number of rotatable bonds is 4. The highest BCUT2D eigenvalue weighted by Crippen LogP contribution is 2.32. The first-order valence-corrected chi connectivity index (χ1v) is 9.90. The van der Waals surface area contributed by atoms with Gasteiger partial charge in [-0.15, -0.1) is 0 Å². The molecule has 1 atom stereocenters. The summed E-state index contributed by atoms with van der Waals surface area (Å²) in [6.45, 7) is 5.69. The van der Waals surface area contributed by atoms with E-state index in [1.165, 1.54) is 12.1 Å². The van der Waals surface area contributed by atoms with E-state index >= 15 is 0 Å². The Labute approximate surface area is 175 Å². The Kier molecular flexibility index (Phi) is 5.59. The van der Waals surface area contributed by atoms with E-state index in [-0.39, 0.29) is 11.9 Å². The van der Waals surface area contributed by atoms with E-state index in [9.17, 15) is 4.39 Å². The Balaban J connectivity index is 1.73. The fourth-order valence-electron chi connectivity index (χ4n) is 3.57. The number of halogens is 1. The van der Waals surface area contributed by atoms with Crippen LogP contribution in [0.5, 0.6) is 0 Å². The SMILES string of the molecule is Cc1cc(C)nc(N2CCO[C@H](c3nc(N(C)C)ncc3-c3cccc(F)c3)C2)n1. The van der Waals surface area contributed by atoms with Crippen molar-refractivity contribution in [2.45, 2.75) is 20.0 Å². The Morgan fingerprint density at radius 2 is 1.87 bits per heavy atom. The molecular weight excluding hydrogens is 383 g/mol. The van der Waals surface area contributed by atoms with Gasteiger partial charge in [0.25, 0.3) is 0 Å². The first-order valence-electron chi connectivity index (χ1n) is 9.90. The van der Waals surface area contributed by atoms with Crippen molar-refractivity contribution in [3.05, 3.63) is 59.4 Å². The predicted octanol–water partition coefficient (Wildman–Crippen LogP) is 3.33. The molecule has 156 valence electrons. The normalized spacial score (nSPS) is 16.6. The highest BCUT2D eigenvalue weighted by molar-refractivity contribution is 5.66. The first kappa shape index (κ1) is 20.2. The lowest BCUT2D eigenvalue weighted by Crippen LogP contribution is -2.40. The number of hydrogen-bond acceptors (Lipinski definition) is 7. The number of anilines is 2.